The third kappa shape index (κ3) is 2.68. The number of hydrogen-bond acceptors (Lipinski definition) is 1. The van der Waals surface area contributed by atoms with Crippen molar-refractivity contribution in [3.05, 3.63) is 69.8 Å². The van der Waals surface area contributed by atoms with Crippen molar-refractivity contribution in [2.45, 2.75) is 27.2 Å². The standard InChI is InChI=1S/C17H18O2/c1-11-6-4-7-12(2)16(11)10-14-8-5-9-15(13(14)3)17(18)19/h4-9H,10H2,1-3H3,(H,18,19). The van der Waals surface area contributed by atoms with Gasteiger partial charge in [0.15, 0.2) is 0 Å². The fraction of sp³-hybridized carbons (Fsp3) is 0.235. The summed E-state index contributed by atoms with van der Waals surface area (Å²) in [5, 5.41) is 9.17. The lowest BCUT2D eigenvalue weighted by molar-refractivity contribution is 0.0696. The van der Waals surface area contributed by atoms with E-state index in [1.54, 1.807) is 6.07 Å². The van der Waals surface area contributed by atoms with E-state index < -0.39 is 5.97 Å². The van der Waals surface area contributed by atoms with Crippen molar-refractivity contribution in [3.8, 4) is 0 Å². The summed E-state index contributed by atoms with van der Waals surface area (Å²) in [6.45, 7) is 6.07. The average molecular weight is 254 g/mol. The van der Waals surface area contributed by atoms with Crippen molar-refractivity contribution in [2.75, 3.05) is 0 Å². The molecule has 0 amide bonds. The van der Waals surface area contributed by atoms with Gasteiger partial charge < -0.3 is 5.11 Å². The van der Waals surface area contributed by atoms with Crippen LogP contribution >= 0.6 is 0 Å². The molecule has 2 rings (SSSR count). The lowest BCUT2D eigenvalue weighted by atomic mass is 9.92. The Morgan fingerprint density at radius 3 is 2.16 bits per heavy atom. The van der Waals surface area contributed by atoms with E-state index in [0.717, 1.165) is 17.5 Å². The van der Waals surface area contributed by atoms with Crippen LogP contribution in [0.5, 0.6) is 0 Å². The third-order valence-electron chi connectivity index (χ3n) is 3.69. The van der Waals surface area contributed by atoms with Crippen LogP contribution in [-0.4, -0.2) is 11.1 Å². The molecule has 19 heavy (non-hydrogen) atoms. The summed E-state index contributed by atoms with van der Waals surface area (Å²) in [4.78, 5) is 11.2. The zero-order valence-corrected chi connectivity index (χ0v) is 11.5. The highest BCUT2D eigenvalue weighted by atomic mass is 16.4. The fourth-order valence-electron chi connectivity index (χ4n) is 2.42. The highest BCUT2D eigenvalue weighted by Crippen LogP contribution is 2.22. The molecule has 0 saturated heterocycles. The predicted molar refractivity (Wildman–Crippen MR) is 76.9 cm³/mol. The molecule has 0 aliphatic heterocycles. The summed E-state index contributed by atoms with van der Waals surface area (Å²) in [7, 11) is 0. The van der Waals surface area contributed by atoms with Crippen molar-refractivity contribution in [1.29, 1.82) is 0 Å². The van der Waals surface area contributed by atoms with E-state index in [0.29, 0.717) is 5.56 Å². The third-order valence-corrected chi connectivity index (χ3v) is 3.69. The molecule has 98 valence electrons. The molecule has 2 aromatic carbocycles. The minimum Gasteiger partial charge on any atom is -0.478 e. The maximum absolute atomic E-state index is 11.2. The van der Waals surface area contributed by atoms with Gasteiger partial charge in [0.2, 0.25) is 0 Å². The van der Waals surface area contributed by atoms with Crippen molar-refractivity contribution >= 4 is 5.97 Å². The second-order valence-electron chi connectivity index (χ2n) is 4.94. The van der Waals surface area contributed by atoms with E-state index in [1.807, 2.05) is 19.1 Å². The summed E-state index contributed by atoms with van der Waals surface area (Å²) in [6, 6.07) is 11.7. The van der Waals surface area contributed by atoms with Gasteiger partial charge in [0.25, 0.3) is 0 Å². The van der Waals surface area contributed by atoms with Crippen molar-refractivity contribution in [3.63, 3.8) is 0 Å². The number of aromatic carboxylic acids is 1. The van der Waals surface area contributed by atoms with Crippen LogP contribution < -0.4 is 0 Å². The zero-order chi connectivity index (χ0) is 14.0. The number of aryl methyl sites for hydroxylation is 2. The zero-order valence-electron chi connectivity index (χ0n) is 11.5. The van der Waals surface area contributed by atoms with Crippen LogP contribution in [0.1, 0.15) is 38.2 Å². The second-order valence-corrected chi connectivity index (χ2v) is 4.94. The molecule has 0 aliphatic rings. The molecule has 2 heteroatoms. The first kappa shape index (κ1) is 13.3. The molecule has 0 heterocycles. The van der Waals surface area contributed by atoms with Crippen LogP contribution in [0.15, 0.2) is 36.4 Å². The van der Waals surface area contributed by atoms with Gasteiger partial charge in [-0.05, 0) is 61.1 Å². The van der Waals surface area contributed by atoms with Crippen molar-refractivity contribution in [2.24, 2.45) is 0 Å². The summed E-state index contributed by atoms with van der Waals surface area (Å²) >= 11 is 0. The molecule has 0 aromatic heterocycles. The van der Waals surface area contributed by atoms with E-state index in [9.17, 15) is 4.79 Å². The lowest BCUT2D eigenvalue weighted by Crippen LogP contribution is -2.04. The Balaban J connectivity index is 2.45. The predicted octanol–water partition coefficient (Wildman–Crippen LogP) is 3.90. The van der Waals surface area contributed by atoms with Gasteiger partial charge in [-0.1, -0.05) is 30.3 Å². The van der Waals surface area contributed by atoms with Gasteiger partial charge in [0, 0.05) is 0 Å². The quantitative estimate of drug-likeness (QED) is 0.902. The minimum absolute atomic E-state index is 0.392. The maximum Gasteiger partial charge on any atom is 0.335 e. The highest BCUT2D eigenvalue weighted by molar-refractivity contribution is 5.89. The number of carbonyl (C=O) groups is 1. The largest absolute Gasteiger partial charge is 0.478 e. The van der Waals surface area contributed by atoms with Gasteiger partial charge in [-0.25, -0.2) is 4.79 Å². The van der Waals surface area contributed by atoms with Gasteiger partial charge >= 0.3 is 5.97 Å². The number of carboxylic acids is 1. The topological polar surface area (TPSA) is 37.3 Å². The Kier molecular flexibility index (Phi) is 3.70. The molecule has 0 bridgehead atoms. The van der Waals surface area contributed by atoms with Crippen LogP contribution in [0, 0.1) is 20.8 Å². The molecule has 0 fully saturated rings. The lowest BCUT2D eigenvalue weighted by Gasteiger charge is -2.13. The smallest absolute Gasteiger partial charge is 0.335 e. The first-order valence-corrected chi connectivity index (χ1v) is 6.37. The summed E-state index contributed by atoms with van der Waals surface area (Å²) < 4.78 is 0. The van der Waals surface area contributed by atoms with Crippen LogP contribution in [0.4, 0.5) is 0 Å². The second kappa shape index (κ2) is 5.27. The molecule has 2 nitrogen and oxygen atoms in total. The molecular weight excluding hydrogens is 236 g/mol. The summed E-state index contributed by atoms with van der Waals surface area (Å²) in [5.41, 5.74) is 6.12. The Bertz CT molecular complexity index is 607. The van der Waals surface area contributed by atoms with E-state index in [2.05, 4.69) is 32.0 Å². The Labute approximate surface area is 113 Å². The van der Waals surface area contributed by atoms with Crippen LogP contribution in [0.25, 0.3) is 0 Å². The molecule has 0 saturated carbocycles. The fourth-order valence-corrected chi connectivity index (χ4v) is 2.42. The van der Waals surface area contributed by atoms with Crippen LogP contribution in [-0.2, 0) is 6.42 Å². The van der Waals surface area contributed by atoms with Crippen molar-refractivity contribution in [1.82, 2.24) is 0 Å². The van der Waals surface area contributed by atoms with Crippen LogP contribution in [0.2, 0.25) is 0 Å². The van der Waals surface area contributed by atoms with E-state index in [1.165, 1.54) is 16.7 Å². The molecule has 1 N–H and O–H groups in total. The Hall–Kier alpha value is -2.09. The van der Waals surface area contributed by atoms with Gasteiger partial charge in [-0.15, -0.1) is 0 Å². The van der Waals surface area contributed by atoms with Crippen molar-refractivity contribution < 1.29 is 9.90 Å². The van der Waals surface area contributed by atoms with Gasteiger partial charge in [0.05, 0.1) is 5.56 Å². The first-order chi connectivity index (χ1) is 9.00. The monoisotopic (exact) mass is 254 g/mol. The molecule has 2 aromatic rings. The number of carboxylic acid groups (broad SMARTS) is 1. The van der Waals surface area contributed by atoms with Gasteiger partial charge in [-0.3, -0.25) is 0 Å². The summed E-state index contributed by atoms with van der Waals surface area (Å²) in [5.74, 6) is -0.860. The molecular formula is C17H18O2. The molecule has 0 unspecified atom stereocenters. The van der Waals surface area contributed by atoms with E-state index in [4.69, 9.17) is 5.11 Å². The molecule has 0 radical (unpaired) electrons. The van der Waals surface area contributed by atoms with Gasteiger partial charge in [-0.2, -0.15) is 0 Å². The summed E-state index contributed by atoms with van der Waals surface area (Å²) in [6.07, 6.45) is 0.783. The molecule has 0 atom stereocenters. The van der Waals surface area contributed by atoms with E-state index in [-0.39, 0.29) is 0 Å². The normalized spacial score (nSPS) is 10.5. The SMILES string of the molecule is Cc1cccc(C)c1Cc1cccc(C(=O)O)c1C. The number of benzene rings is 2. The maximum atomic E-state index is 11.2. The number of hydrogen-bond donors (Lipinski definition) is 1. The van der Waals surface area contributed by atoms with Crippen LogP contribution in [0.3, 0.4) is 0 Å². The Morgan fingerprint density at radius 1 is 1.00 bits per heavy atom. The highest BCUT2D eigenvalue weighted by Gasteiger charge is 2.11. The molecule has 0 spiro atoms. The Morgan fingerprint density at radius 2 is 1.58 bits per heavy atom. The van der Waals surface area contributed by atoms with Gasteiger partial charge in [0.1, 0.15) is 0 Å². The molecule has 0 aliphatic carbocycles. The average Bonchev–Trinajstić information content (AvgIpc) is 2.35. The van der Waals surface area contributed by atoms with E-state index >= 15 is 0 Å². The number of rotatable bonds is 3. The minimum atomic E-state index is -0.860. The first-order valence-electron chi connectivity index (χ1n) is 6.37.